The molecule has 1 atom stereocenters. The van der Waals surface area contributed by atoms with Crippen LogP contribution in [0.2, 0.25) is 0 Å². The lowest BCUT2D eigenvalue weighted by atomic mass is 10.0. The summed E-state index contributed by atoms with van der Waals surface area (Å²) in [5.74, 6) is 1.52. The molecule has 2 rings (SSSR count). The van der Waals surface area contributed by atoms with E-state index in [1.54, 1.807) is 0 Å². The van der Waals surface area contributed by atoms with Gasteiger partial charge in [0.15, 0.2) is 5.78 Å². The number of carbonyl (C=O) groups is 1. The standard InChI is InChI=1S/C17H26N2O2/c1-13(2)12-21-16-6-4-15(5-7-16)17(20)14(3)19-10-8-18-9-11-19/h4-7,13-14,18H,8-12H2,1-3H3. The largest absolute Gasteiger partial charge is 0.493 e. The van der Waals surface area contributed by atoms with Crippen molar-refractivity contribution in [2.45, 2.75) is 26.8 Å². The molecule has 1 aliphatic rings. The highest BCUT2D eigenvalue weighted by molar-refractivity contribution is 5.99. The number of rotatable bonds is 6. The third-order valence-corrected chi connectivity index (χ3v) is 3.80. The van der Waals surface area contributed by atoms with Crippen LogP contribution >= 0.6 is 0 Å². The van der Waals surface area contributed by atoms with E-state index < -0.39 is 0 Å². The van der Waals surface area contributed by atoms with Gasteiger partial charge in [0, 0.05) is 31.7 Å². The molecule has 0 saturated carbocycles. The van der Waals surface area contributed by atoms with Gasteiger partial charge in [-0.05, 0) is 37.1 Å². The Bertz CT molecular complexity index is 450. The maximum Gasteiger partial charge on any atom is 0.179 e. The second kappa shape index (κ2) is 7.57. The lowest BCUT2D eigenvalue weighted by molar-refractivity contribution is 0.0820. The molecule has 0 radical (unpaired) electrons. The summed E-state index contributed by atoms with van der Waals surface area (Å²) in [4.78, 5) is 14.8. The summed E-state index contributed by atoms with van der Waals surface area (Å²) in [6.07, 6.45) is 0. The molecule has 1 aromatic carbocycles. The van der Waals surface area contributed by atoms with E-state index in [-0.39, 0.29) is 11.8 Å². The van der Waals surface area contributed by atoms with Gasteiger partial charge in [0.25, 0.3) is 0 Å². The Kier molecular flexibility index (Phi) is 5.76. The average molecular weight is 290 g/mol. The zero-order chi connectivity index (χ0) is 15.2. The van der Waals surface area contributed by atoms with Crippen molar-refractivity contribution >= 4 is 5.78 Å². The van der Waals surface area contributed by atoms with Crippen molar-refractivity contribution in [2.24, 2.45) is 5.92 Å². The first-order valence-electron chi connectivity index (χ1n) is 7.80. The van der Waals surface area contributed by atoms with Gasteiger partial charge in [0.1, 0.15) is 5.75 Å². The molecule has 1 aliphatic heterocycles. The minimum absolute atomic E-state index is 0.0606. The molecule has 116 valence electrons. The predicted octanol–water partition coefficient (Wildman–Crippen LogP) is 2.20. The van der Waals surface area contributed by atoms with Crippen LogP contribution in [0.15, 0.2) is 24.3 Å². The number of carbonyl (C=O) groups excluding carboxylic acids is 1. The topological polar surface area (TPSA) is 41.6 Å². The van der Waals surface area contributed by atoms with Crippen LogP contribution in [0.4, 0.5) is 0 Å². The van der Waals surface area contributed by atoms with Gasteiger partial charge >= 0.3 is 0 Å². The van der Waals surface area contributed by atoms with Gasteiger partial charge in [-0.3, -0.25) is 9.69 Å². The Labute approximate surface area is 127 Å². The first-order valence-corrected chi connectivity index (χ1v) is 7.80. The van der Waals surface area contributed by atoms with Crippen LogP contribution in [0.25, 0.3) is 0 Å². The fourth-order valence-electron chi connectivity index (χ4n) is 2.45. The predicted molar refractivity (Wildman–Crippen MR) is 85.0 cm³/mol. The summed E-state index contributed by atoms with van der Waals surface area (Å²) in [5, 5.41) is 3.31. The van der Waals surface area contributed by atoms with E-state index in [0.717, 1.165) is 37.5 Å². The zero-order valence-electron chi connectivity index (χ0n) is 13.3. The molecule has 4 heteroatoms. The van der Waals surface area contributed by atoms with Crippen molar-refractivity contribution < 1.29 is 9.53 Å². The zero-order valence-corrected chi connectivity index (χ0v) is 13.3. The van der Waals surface area contributed by atoms with Gasteiger partial charge < -0.3 is 10.1 Å². The van der Waals surface area contributed by atoms with E-state index in [0.29, 0.717) is 12.5 Å². The third-order valence-electron chi connectivity index (χ3n) is 3.80. The highest BCUT2D eigenvalue weighted by atomic mass is 16.5. The smallest absolute Gasteiger partial charge is 0.179 e. The van der Waals surface area contributed by atoms with Crippen LogP contribution in [0.3, 0.4) is 0 Å². The summed E-state index contributed by atoms with van der Waals surface area (Å²) in [6.45, 7) is 10.7. The quantitative estimate of drug-likeness (QED) is 0.816. The molecular weight excluding hydrogens is 264 g/mol. The van der Waals surface area contributed by atoms with E-state index in [1.165, 1.54) is 0 Å². The lowest BCUT2D eigenvalue weighted by Gasteiger charge is -2.31. The van der Waals surface area contributed by atoms with E-state index in [2.05, 4.69) is 24.1 Å². The number of nitrogens with one attached hydrogen (secondary N) is 1. The fourth-order valence-corrected chi connectivity index (χ4v) is 2.45. The normalized spacial score (nSPS) is 17.7. The second-order valence-electron chi connectivity index (χ2n) is 6.06. The van der Waals surface area contributed by atoms with Crippen molar-refractivity contribution in [1.29, 1.82) is 0 Å². The summed E-state index contributed by atoms with van der Waals surface area (Å²) >= 11 is 0. The first-order chi connectivity index (χ1) is 10.1. The van der Waals surface area contributed by atoms with Gasteiger partial charge in [0.05, 0.1) is 12.6 Å². The third kappa shape index (κ3) is 4.55. The number of benzene rings is 1. The Morgan fingerprint density at radius 2 is 1.81 bits per heavy atom. The number of ketones is 1. The number of hydrogen-bond donors (Lipinski definition) is 1. The van der Waals surface area contributed by atoms with E-state index in [9.17, 15) is 4.79 Å². The Morgan fingerprint density at radius 3 is 2.38 bits per heavy atom. The van der Waals surface area contributed by atoms with E-state index >= 15 is 0 Å². The van der Waals surface area contributed by atoms with Crippen LogP contribution in [0.1, 0.15) is 31.1 Å². The van der Waals surface area contributed by atoms with Crippen LogP contribution < -0.4 is 10.1 Å². The van der Waals surface area contributed by atoms with Gasteiger partial charge in [-0.15, -0.1) is 0 Å². The average Bonchev–Trinajstić information content (AvgIpc) is 2.53. The first kappa shape index (κ1) is 16.0. The summed E-state index contributed by atoms with van der Waals surface area (Å²) in [7, 11) is 0. The fraction of sp³-hybridized carbons (Fsp3) is 0.588. The molecule has 21 heavy (non-hydrogen) atoms. The van der Waals surface area contributed by atoms with Gasteiger partial charge in [0.2, 0.25) is 0 Å². The SMILES string of the molecule is CC(C)COc1ccc(C(=O)C(C)N2CCNCC2)cc1. The summed E-state index contributed by atoms with van der Waals surface area (Å²) < 4.78 is 5.65. The molecular formula is C17H26N2O2. The van der Waals surface area contributed by atoms with Crippen molar-refractivity contribution in [2.75, 3.05) is 32.8 Å². The maximum absolute atomic E-state index is 12.5. The van der Waals surface area contributed by atoms with Crippen LogP contribution in [-0.2, 0) is 0 Å². The van der Waals surface area contributed by atoms with Crippen LogP contribution in [0.5, 0.6) is 5.75 Å². The van der Waals surface area contributed by atoms with E-state index in [4.69, 9.17) is 4.74 Å². The molecule has 4 nitrogen and oxygen atoms in total. The highest BCUT2D eigenvalue weighted by Crippen LogP contribution is 2.16. The van der Waals surface area contributed by atoms with Crippen molar-refractivity contribution in [3.63, 3.8) is 0 Å². The Morgan fingerprint density at radius 1 is 1.19 bits per heavy atom. The number of ether oxygens (including phenoxy) is 1. The lowest BCUT2D eigenvalue weighted by Crippen LogP contribution is -2.50. The molecule has 1 N–H and O–H groups in total. The van der Waals surface area contributed by atoms with Crippen molar-refractivity contribution in [3.05, 3.63) is 29.8 Å². The van der Waals surface area contributed by atoms with Gasteiger partial charge in [-0.2, -0.15) is 0 Å². The summed E-state index contributed by atoms with van der Waals surface area (Å²) in [5.41, 5.74) is 0.762. The number of piperazine rings is 1. The molecule has 0 bridgehead atoms. The molecule has 0 spiro atoms. The van der Waals surface area contributed by atoms with E-state index in [1.807, 2.05) is 31.2 Å². The van der Waals surface area contributed by atoms with Crippen LogP contribution in [-0.4, -0.2) is 49.5 Å². The molecule has 0 aromatic heterocycles. The van der Waals surface area contributed by atoms with Crippen molar-refractivity contribution in [1.82, 2.24) is 10.2 Å². The molecule has 1 saturated heterocycles. The Balaban J connectivity index is 1.95. The minimum Gasteiger partial charge on any atom is -0.493 e. The second-order valence-corrected chi connectivity index (χ2v) is 6.06. The molecule has 1 heterocycles. The molecule has 1 unspecified atom stereocenters. The summed E-state index contributed by atoms with van der Waals surface area (Å²) in [6, 6.07) is 7.46. The minimum atomic E-state index is -0.0606. The van der Waals surface area contributed by atoms with Crippen molar-refractivity contribution in [3.8, 4) is 5.75 Å². The highest BCUT2D eigenvalue weighted by Gasteiger charge is 2.23. The van der Waals surface area contributed by atoms with Crippen LogP contribution in [0, 0.1) is 5.92 Å². The monoisotopic (exact) mass is 290 g/mol. The van der Waals surface area contributed by atoms with Gasteiger partial charge in [-0.25, -0.2) is 0 Å². The molecule has 1 aromatic rings. The molecule has 0 amide bonds. The maximum atomic E-state index is 12.5. The Hall–Kier alpha value is -1.39. The van der Waals surface area contributed by atoms with Gasteiger partial charge in [-0.1, -0.05) is 13.8 Å². The number of Topliss-reactive ketones (excluding diaryl/α,β-unsaturated/α-hetero) is 1. The number of nitrogens with zero attached hydrogens (tertiary/aromatic N) is 1. The molecule has 1 fully saturated rings. The number of hydrogen-bond acceptors (Lipinski definition) is 4. The molecule has 0 aliphatic carbocycles.